The number of ether oxygens (including phenoxy) is 1. The zero-order chi connectivity index (χ0) is 22.7. The molecule has 32 heavy (non-hydrogen) atoms. The molecule has 164 valence electrons. The largest absolute Gasteiger partial charge is 0.477 e. The van der Waals surface area contributed by atoms with Gasteiger partial charge in [-0.1, -0.05) is 48.5 Å². The second kappa shape index (κ2) is 9.17. The number of aromatic carboxylic acids is 1. The average molecular weight is 434 g/mol. The number of hydrogen-bond acceptors (Lipinski definition) is 6. The van der Waals surface area contributed by atoms with Crippen molar-refractivity contribution in [3.8, 4) is 11.1 Å². The van der Waals surface area contributed by atoms with Crippen LogP contribution in [0.25, 0.3) is 11.1 Å². The number of alkyl carbamates (subject to hydrolysis) is 1. The summed E-state index contributed by atoms with van der Waals surface area (Å²) >= 11 is 0. The quantitative estimate of drug-likeness (QED) is 0.450. The first-order valence-electron chi connectivity index (χ1n) is 10.1. The molecule has 8 nitrogen and oxygen atoms in total. The number of nitrogens with one attached hydrogen (secondary N) is 1. The van der Waals surface area contributed by atoms with Gasteiger partial charge in [0, 0.05) is 18.7 Å². The second-order valence-electron chi connectivity index (χ2n) is 7.50. The zero-order valence-corrected chi connectivity index (χ0v) is 17.0. The van der Waals surface area contributed by atoms with Gasteiger partial charge >= 0.3 is 12.1 Å². The number of amides is 1. The molecule has 1 aliphatic carbocycles. The Morgan fingerprint density at radius 2 is 1.62 bits per heavy atom. The maximum Gasteiger partial charge on any atom is 0.407 e. The van der Waals surface area contributed by atoms with Crippen LogP contribution in [0.4, 0.5) is 4.79 Å². The Bertz CT molecular complexity index is 1100. The van der Waals surface area contributed by atoms with E-state index >= 15 is 0 Å². The number of aromatic nitrogens is 1. The first-order chi connectivity index (χ1) is 15.5. The molecular formula is C24H22N2O6. The number of aliphatic hydroxyl groups is 2. The van der Waals surface area contributed by atoms with Gasteiger partial charge in [-0.25, -0.2) is 14.6 Å². The minimum Gasteiger partial charge on any atom is -0.477 e. The molecule has 0 aliphatic heterocycles. The molecule has 8 heteroatoms. The van der Waals surface area contributed by atoms with Gasteiger partial charge in [-0.05, 0) is 39.9 Å². The highest BCUT2D eigenvalue weighted by Gasteiger charge is 2.29. The highest BCUT2D eigenvalue weighted by Crippen LogP contribution is 2.44. The van der Waals surface area contributed by atoms with Crippen molar-refractivity contribution in [2.24, 2.45) is 0 Å². The van der Waals surface area contributed by atoms with Gasteiger partial charge in [-0.2, -0.15) is 0 Å². The third-order valence-electron chi connectivity index (χ3n) is 5.51. The number of carbonyl (C=O) groups excluding carboxylic acids is 1. The summed E-state index contributed by atoms with van der Waals surface area (Å²) in [5, 5.41) is 31.9. The SMILES string of the molecule is O=C(NCC(O)C(O)c1ccnc(C(=O)O)c1)OCC1c2ccccc2-c2ccccc21. The molecule has 3 aromatic rings. The number of benzene rings is 2. The van der Waals surface area contributed by atoms with Gasteiger partial charge < -0.3 is 25.4 Å². The predicted octanol–water partition coefficient (Wildman–Crippen LogP) is 2.71. The van der Waals surface area contributed by atoms with Crippen molar-refractivity contribution in [1.82, 2.24) is 10.3 Å². The minimum atomic E-state index is -1.40. The second-order valence-corrected chi connectivity index (χ2v) is 7.50. The summed E-state index contributed by atoms with van der Waals surface area (Å²) < 4.78 is 5.40. The average Bonchev–Trinajstić information content (AvgIpc) is 3.14. The van der Waals surface area contributed by atoms with Gasteiger partial charge in [-0.15, -0.1) is 0 Å². The van der Waals surface area contributed by atoms with Gasteiger partial charge in [0.15, 0.2) is 0 Å². The Morgan fingerprint density at radius 3 is 2.25 bits per heavy atom. The lowest BCUT2D eigenvalue weighted by Crippen LogP contribution is -2.36. The van der Waals surface area contributed by atoms with E-state index in [9.17, 15) is 19.8 Å². The number of carboxylic acid groups (broad SMARTS) is 1. The van der Waals surface area contributed by atoms with Crippen LogP contribution in [0.1, 0.15) is 39.2 Å². The van der Waals surface area contributed by atoms with Crippen LogP contribution in [0.15, 0.2) is 66.9 Å². The number of hydrogen-bond donors (Lipinski definition) is 4. The smallest absolute Gasteiger partial charge is 0.407 e. The summed E-state index contributed by atoms with van der Waals surface area (Å²) in [4.78, 5) is 26.9. The summed E-state index contributed by atoms with van der Waals surface area (Å²) in [6.07, 6.45) is -2.25. The summed E-state index contributed by atoms with van der Waals surface area (Å²) in [7, 11) is 0. The van der Waals surface area contributed by atoms with E-state index < -0.39 is 24.3 Å². The summed E-state index contributed by atoms with van der Waals surface area (Å²) in [6.45, 7) is -0.145. The summed E-state index contributed by atoms with van der Waals surface area (Å²) in [6, 6.07) is 18.5. The van der Waals surface area contributed by atoms with Crippen molar-refractivity contribution in [3.63, 3.8) is 0 Å². The molecule has 0 fully saturated rings. The van der Waals surface area contributed by atoms with Crippen LogP contribution < -0.4 is 5.32 Å². The molecule has 2 unspecified atom stereocenters. The number of carboxylic acids is 1. The van der Waals surface area contributed by atoms with Gasteiger partial charge in [0.1, 0.15) is 24.5 Å². The maximum atomic E-state index is 12.2. The fourth-order valence-electron chi connectivity index (χ4n) is 3.92. The third-order valence-corrected chi connectivity index (χ3v) is 5.51. The van der Waals surface area contributed by atoms with Crippen molar-refractivity contribution < 1.29 is 29.6 Å². The fraction of sp³-hybridized carbons (Fsp3) is 0.208. The van der Waals surface area contributed by atoms with Crippen LogP contribution in [0, 0.1) is 0 Å². The first-order valence-corrected chi connectivity index (χ1v) is 10.1. The van der Waals surface area contributed by atoms with E-state index in [-0.39, 0.29) is 30.3 Å². The van der Waals surface area contributed by atoms with Crippen LogP contribution in [0.5, 0.6) is 0 Å². The van der Waals surface area contributed by atoms with Gasteiger partial charge in [0.05, 0.1) is 0 Å². The molecule has 1 aromatic heterocycles. The molecule has 0 saturated carbocycles. The lowest BCUT2D eigenvalue weighted by Gasteiger charge is -2.19. The zero-order valence-electron chi connectivity index (χ0n) is 17.0. The van der Waals surface area contributed by atoms with Crippen LogP contribution in [-0.4, -0.2) is 51.6 Å². The summed E-state index contributed by atoms with van der Waals surface area (Å²) in [5.74, 6) is -1.33. The normalized spacial score (nSPS) is 14.2. The van der Waals surface area contributed by atoms with E-state index in [1.165, 1.54) is 18.3 Å². The molecule has 2 aromatic carbocycles. The van der Waals surface area contributed by atoms with Crippen molar-refractivity contribution in [1.29, 1.82) is 0 Å². The number of pyridine rings is 1. The lowest BCUT2D eigenvalue weighted by molar-refractivity contribution is 0.0184. The number of rotatable bonds is 7. The van der Waals surface area contributed by atoms with Crippen LogP contribution >= 0.6 is 0 Å². The van der Waals surface area contributed by atoms with Gasteiger partial charge in [0.25, 0.3) is 0 Å². The molecule has 4 rings (SSSR count). The number of carbonyl (C=O) groups is 2. The highest BCUT2D eigenvalue weighted by molar-refractivity contribution is 5.85. The third kappa shape index (κ3) is 4.32. The fourth-order valence-corrected chi connectivity index (χ4v) is 3.92. The number of nitrogens with zero attached hydrogens (tertiary/aromatic N) is 1. The Labute approximate surface area is 184 Å². The Morgan fingerprint density at radius 1 is 1.00 bits per heavy atom. The van der Waals surface area contributed by atoms with Crippen LogP contribution in [0.2, 0.25) is 0 Å². The van der Waals surface area contributed by atoms with E-state index in [2.05, 4.69) is 10.3 Å². The number of fused-ring (bicyclic) bond motifs is 3. The molecule has 0 radical (unpaired) electrons. The topological polar surface area (TPSA) is 129 Å². The summed E-state index contributed by atoms with van der Waals surface area (Å²) in [5.41, 5.74) is 4.34. The number of aliphatic hydroxyl groups excluding tert-OH is 2. The Hall–Kier alpha value is -3.75. The monoisotopic (exact) mass is 434 g/mol. The first kappa shape index (κ1) is 21.5. The molecule has 1 heterocycles. The molecule has 0 spiro atoms. The molecule has 1 aliphatic rings. The van der Waals surface area contributed by atoms with Crippen molar-refractivity contribution in [2.75, 3.05) is 13.2 Å². The molecule has 2 atom stereocenters. The molecule has 0 saturated heterocycles. The van der Waals surface area contributed by atoms with Crippen molar-refractivity contribution >= 4 is 12.1 Å². The van der Waals surface area contributed by atoms with Crippen molar-refractivity contribution in [3.05, 3.63) is 89.2 Å². The maximum absolute atomic E-state index is 12.2. The standard InChI is InChI=1S/C24H22N2O6/c27-21(22(28)14-9-10-25-20(11-14)23(29)30)12-26-24(31)32-13-19-17-7-3-1-5-15(17)16-6-2-4-8-18(16)19/h1-11,19,21-22,27-28H,12-13H2,(H,26,31)(H,29,30). The molecule has 4 N–H and O–H groups in total. The molecule has 1 amide bonds. The molecule has 0 bridgehead atoms. The van der Waals surface area contributed by atoms with E-state index in [4.69, 9.17) is 9.84 Å². The van der Waals surface area contributed by atoms with Crippen LogP contribution in [0.3, 0.4) is 0 Å². The Kier molecular flexibility index (Phi) is 6.16. The molecular weight excluding hydrogens is 412 g/mol. The highest BCUT2D eigenvalue weighted by atomic mass is 16.5. The van der Waals surface area contributed by atoms with E-state index in [1.54, 1.807) is 0 Å². The van der Waals surface area contributed by atoms with E-state index in [1.807, 2.05) is 48.5 Å². The van der Waals surface area contributed by atoms with E-state index in [0.717, 1.165) is 22.3 Å². The van der Waals surface area contributed by atoms with Crippen LogP contribution in [-0.2, 0) is 4.74 Å². The predicted molar refractivity (Wildman–Crippen MR) is 115 cm³/mol. The lowest BCUT2D eigenvalue weighted by atomic mass is 9.98. The minimum absolute atomic E-state index is 0.0880. The Balaban J connectivity index is 1.34. The van der Waals surface area contributed by atoms with Crippen molar-refractivity contribution in [2.45, 2.75) is 18.1 Å². The van der Waals surface area contributed by atoms with Gasteiger partial charge in [0.2, 0.25) is 0 Å². The van der Waals surface area contributed by atoms with Gasteiger partial charge in [-0.3, -0.25) is 0 Å². The van der Waals surface area contributed by atoms with E-state index in [0.29, 0.717) is 0 Å².